The van der Waals surface area contributed by atoms with Crippen molar-refractivity contribution in [2.75, 3.05) is 6.54 Å². The molecule has 1 aromatic carbocycles. The van der Waals surface area contributed by atoms with Crippen molar-refractivity contribution < 1.29 is 0 Å². The van der Waals surface area contributed by atoms with Crippen LogP contribution < -0.4 is 11.1 Å². The van der Waals surface area contributed by atoms with Crippen molar-refractivity contribution in [1.29, 1.82) is 0 Å². The van der Waals surface area contributed by atoms with E-state index in [1.54, 1.807) is 0 Å². The van der Waals surface area contributed by atoms with Gasteiger partial charge in [-0.25, -0.2) is 0 Å². The monoisotopic (exact) mass is 357 g/mol. The van der Waals surface area contributed by atoms with Gasteiger partial charge in [0.1, 0.15) is 5.66 Å². The zero-order chi connectivity index (χ0) is 18.8. The second-order valence-corrected chi connectivity index (χ2v) is 7.55. The summed E-state index contributed by atoms with van der Waals surface area (Å²) in [5.41, 5.74) is 7.14. The van der Waals surface area contributed by atoms with E-state index in [1.807, 2.05) is 18.2 Å². The van der Waals surface area contributed by atoms with Crippen molar-refractivity contribution in [3.63, 3.8) is 0 Å². The van der Waals surface area contributed by atoms with Gasteiger partial charge in [-0.15, -0.1) is 0 Å². The molecule has 0 unspecified atom stereocenters. The fraction of sp³-hybridized carbons (Fsp3) is 0.619. The van der Waals surface area contributed by atoms with Crippen LogP contribution in [0.4, 0.5) is 0 Å². The first-order valence-corrected chi connectivity index (χ1v) is 10.0. The van der Waals surface area contributed by atoms with Gasteiger partial charge in [-0.05, 0) is 25.8 Å². The van der Waals surface area contributed by atoms with Gasteiger partial charge in [-0.2, -0.15) is 4.99 Å². The highest BCUT2D eigenvalue weighted by Crippen LogP contribution is 2.18. The predicted molar refractivity (Wildman–Crippen MR) is 111 cm³/mol. The third-order valence-electron chi connectivity index (χ3n) is 4.80. The first kappa shape index (κ1) is 20.3. The van der Waals surface area contributed by atoms with Gasteiger partial charge >= 0.3 is 0 Å². The van der Waals surface area contributed by atoms with Crippen LogP contribution in [-0.4, -0.2) is 29.0 Å². The lowest BCUT2D eigenvalue weighted by molar-refractivity contribution is 0.178. The fourth-order valence-corrected chi connectivity index (χ4v) is 3.20. The zero-order valence-electron chi connectivity index (χ0n) is 16.7. The number of hydrogen-bond acceptors (Lipinski definition) is 3. The van der Waals surface area contributed by atoms with E-state index in [1.165, 1.54) is 44.1 Å². The highest BCUT2D eigenvalue weighted by Gasteiger charge is 2.33. The summed E-state index contributed by atoms with van der Waals surface area (Å²) in [6.07, 6.45) is 9.02. The molecule has 144 valence electrons. The Kier molecular flexibility index (Phi) is 7.95. The Balaban J connectivity index is 1.85. The van der Waals surface area contributed by atoms with Gasteiger partial charge in [0.15, 0.2) is 0 Å². The normalized spacial score (nSPS) is 17.9. The maximum Gasteiger partial charge on any atom is 0.223 e. The molecule has 0 aliphatic carbocycles. The molecule has 26 heavy (non-hydrogen) atoms. The molecule has 1 aliphatic rings. The molecular formula is C21H35N5. The molecule has 0 saturated heterocycles. The third-order valence-corrected chi connectivity index (χ3v) is 4.80. The quantitative estimate of drug-likeness (QED) is 0.615. The molecule has 0 saturated carbocycles. The Labute approximate surface area is 158 Å². The summed E-state index contributed by atoms with van der Waals surface area (Å²) in [4.78, 5) is 11.2. The Morgan fingerprint density at radius 1 is 1.04 bits per heavy atom. The van der Waals surface area contributed by atoms with Crippen molar-refractivity contribution in [2.24, 2.45) is 15.7 Å². The molecule has 0 fully saturated rings. The lowest BCUT2D eigenvalue weighted by atomic mass is 10.1. The molecule has 3 N–H and O–H groups in total. The van der Waals surface area contributed by atoms with Crippen molar-refractivity contribution in [3.8, 4) is 0 Å². The summed E-state index contributed by atoms with van der Waals surface area (Å²) in [6.45, 7) is 8.01. The molecule has 1 aromatic rings. The van der Waals surface area contributed by atoms with E-state index < -0.39 is 0 Å². The molecule has 5 heteroatoms. The molecule has 0 radical (unpaired) electrons. The summed E-state index contributed by atoms with van der Waals surface area (Å²) < 4.78 is 0. The Bertz CT molecular complexity index is 592. The Hall–Kier alpha value is -2.04. The molecule has 0 aromatic heterocycles. The van der Waals surface area contributed by atoms with Gasteiger partial charge in [0.25, 0.3) is 0 Å². The van der Waals surface area contributed by atoms with Crippen LogP contribution in [0.3, 0.4) is 0 Å². The van der Waals surface area contributed by atoms with Crippen molar-refractivity contribution >= 4 is 11.9 Å². The zero-order valence-corrected chi connectivity index (χ0v) is 16.7. The molecular weight excluding hydrogens is 322 g/mol. The highest BCUT2D eigenvalue weighted by molar-refractivity contribution is 5.97. The number of hydrogen-bond donors (Lipinski definition) is 2. The largest absolute Gasteiger partial charge is 0.369 e. The smallest absolute Gasteiger partial charge is 0.223 e. The lowest BCUT2D eigenvalue weighted by Crippen LogP contribution is -2.63. The molecule has 5 nitrogen and oxygen atoms in total. The number of nitrogens with two attached hydrogens (primary N) is 1. The van der Waals surface area contributed by atoms with E-state index in [4.69, 9.17) is 5.73 Å². The molecule has 0 amide bonds. The minimum atomic E-state index is -0.319. The first-order chi connectivity index (χ1) is 12.5. The summed E-state index contributed by atoms with van der Waals surface area (Å²) in [7, 11) is 0. The number of nitrogens with zero attached hydrogens (tertiary/aromatic N) is 3. The van der Waals surface area contributed by atoms with Gasteiger partial charge in [-0.3, -0.25) is 4.99 Å². The van der Waals surface area contributed by atoms with Gasteiger partial charge in [0.2, 0.25) is 11.9 Å². The summed E-state index contributed by atoms with van der Waals surface area (Å²) in [5, 5.41) is 3.42. The molecule has 0 bridgehead atoms. The van der Waals surface area contributed by atoms with E-state index in [0.717, 1.165) is 19.5 Å². The number of unbranched alkanes of at least 4 members (excludes halogenated alkanes) is 6. The Morgan fingerprint density at radius 3 is 2.35 bits per heavy atom. The van der Waals surface area contributed by atoms with Crippen LogP contribution in [0.5, 0.6) is 0 Å². The van der Waals surface area contributed by atoms with Gasteiger partial charge < -0.3 is 16.0 Å². The molecule has 1 heterocycles. The fourth-order valence-electron chi connectivity index (χ4n) is 3.20. The number of nitrogens with one attached hydrogen (secondary N) is 1. The van der Waals surface area contributed by atoms with Crippen LogP contribution in [0, 0.1) is 0 Å². The second-order valence-electron chi connectivity index (χ2n) is 7.55. The molecule has 0 atom stereocenters. The van der Waals surface area contributed by atoms with Crippen LogP contribution >= 0.6 is 0 Å². The topological polar surface area (TPSA) is 66.0 Å². The average Bonchev–Trinajstić information content (AvgIpc) is 2.61. The third kappa shape index (κ3) is 6.36. The number of benzene rings is 1. The maximum absolute atomic E-state index is 6.25. The van der Waals surface area contributed by atoms with Crippen LogP contribution in [-0.2, 0) is 6.54 Å². The van der Waals surface area contributed by atoms with E-state index in [0.29, 0.717) is 11.9 Å². The number of guanidine groups is 2. The van der Waals surface area contributed by atoms with E-state index in [-0.39, 0.29) is 5.66 Å². The first-order valence-electron chi connectivity index (χ1n) is 10.0. The maximum atomic E-state index is 6.25. The second kappa shape index (κ2) is 10.2. The standard InChI is InChI=1S/C21H35N5/c1-4-5-6-7-8-9-13-16-23-20-24-19(22)26(21(2,3)25-20)17-18-14-11-10-12-15-18/h10-12,14-15H,4-9,13,16-17H2,1-3H3,(H3,22,23,24,25). The van der Waals surface area contributed by atoms with Crippen LogP contribution in [0.2, 0.25) is 0 Å². The van der Waals surface area contributed by atoms with Gasteiger partial charge in [0, 0.05) is 13.1 Å². The van der Waals surface area contributed by atoms with Crippen LogP contribution in [0.1, 0.15) is 71.3 Å². The Morgan fingerprint density at radius 2 is 1.69 bits per heavy atom. The van der Waals surface area contributed by atoms with Crippen LogP contribution in [0.25, 0.3) is 0 Å². The predicted octanol–water partition coefficient (Wildman–Crippen LogP) is 4.25. The van der Waals surface area contributed by atoms with Crippen molar-refractivity contribution in [3.05, 3.63) is 35.9 Å². The van der Waals surface area contributed by atoms with Gasteiger partial charge in [0.05, 0.1) is 0 Å². The number of aliphatic imine (C=N–C) groups is 2. The average molecular weight is 358 g/mol. The van der Waals surface area contributed by atoms with E-state index >= 15 is 0 Å². The van der Waals surface area contributed by atoms with Crippen LogP contribution in [0.15, 0.2) is 40.3 Å². The minimum absolute atomic E-state index is 0.319. The van der Waals surface area contributed by atoms with E-state index in [9.17, 15) is 0 Å². The highest BCUT2D eigenvalue weighted by atomic mass is 15.4. The molecule has 2 rings (SSSR count). The lowest BCUT2D eigenvalue weighted by Gasteiger charge is -2.43. The van der Waals surface area contributed by atoms with Crippen molar-refractivity contribution in [1.82, 2.24) is 10.2 Å². The summed E-state index contributed by atoms with van der Waals surface area (Å²) in [5.74, 6) is 1.18. The molecule has 1 aliphatic heterocycles. The summed E-state index contributed by atoms with van der Waals surface area (Å²) >= 11 is 0. The SMILES string of the molecule is CCCCCCCCCN=C1N=C(N)N(Cc2ccccc2)C(C)(C)N1. The van der Waals surface area contributed by atoms with E-state index in [2.05, 4.69) is 53.1 Å². The summed E-state index contributed by atoms with van der Waals surface area (Å²) in [6, 6.07) is 10.3. The van der Waals surface area contributed by atoms with Gasteiger partial charge in [-0.1, -0.05) is 75.8 Å². The number of rotatable bonds is 10. The van der Waals surface area contributed by atoms with Crippen molar-refractivity contribution in [2.45, 2.75) is 77.9 Å². The minimum Gasteiger partial charge on any atom is -0.369 e. The molecule has 0 spiro atoms.